The molecule has 0 aliphatic carbocycles. The molecule has 0 fully saturated rings. The molecule has 0 bridgehead atoms. The van der Waals surface area contributed by atoms with Crippen LogP contribution < -0.4 is 10.1 Å². The Balaban J connectivity index is 2.03. The normalized spacial score (nSPS) is 10.2. The molecular formula is C15H13Br2NO2. The third kappa shape index (κ3) is 3.84. The van der Waals surface area contributed by atoms with Gasteiger partial charge in [-0.3, -0.25) is 4.79 Å². The summed E-state index contributed by atoms with van der Waals surface area (Å²) in [5.74, 6) is 0.731. The van der Waals surface area contributed by atoms with Crippen molar-refractivity contribution in [3.63, 3.8) is 0 Å². The Morgan fingerprint density at radius 2 is 2.00 bits per heavy atom. The van der Waals surface area contributed by atoms with E-state index in [1.165, 1.54) is 0 Å². The van der Waals surface area contributed by atoms with E-state index in [1.807, 2.05) is 24.3 Å². The fraction of sp³-hybridized carbons (Fsp3) is 0.133. The third-order valence-electron chi connectivity index (χ3n) is 2.75. The number of ketones is 1. The molecule has 0 radical (unpaired) electrons. The van der Waals surface area contributed by atoms with Crippen molar-refractivity contribution in [3.8, 4) is 5.75 Å². The second-order valence-corrected chi connectivity index (χ2v) is 5.91. The van der Waals surface area contributed by atoms with Gasteiger partial charge in [0.15, 0.2) is 5.78 Å². The zero-order valence-corrected chi connectivity index (χ0v) is 14.0. The predicted molar refractivity (Wildman–Crippen MR) is 87.7 cm³/mol. The number of ether oxygens (including phenoxy) is 1. The monoisotopic (exact) mass is 397 g/mol. The van der Waals surface area contributed by atoms with E-state index >= 15 is 0 Å². The van der Waals surface area contributed by atoms with Crippen LogP contribution in [0.3, 0.4) is 0 Å². The summed E-state index contributed by atoms with van der Waals surface area (Å²) < 4.78 is 6.89. The van der Waals surface area contributed by atoms with Gasteiger partial charge in [-0.2, -0.15) is 0 Å². The highest BCUT2D eigenvalue weighted by Crippen LogP contribution is 2.25. The minimum Gasteiger partial charge on any atom is -0.496 e. The quantitative estimate of drug-likeness (QED) is 0.752. The molecule has 0 aromatic heterocycles. The van der Waals surface area contributed by atoms with Gasteiger partial charge in [-0.25, -0.2) is 0 Å². The Bertz CT molecular complexity index is 629. The third-order valence-corrected chi connectivity index (χ3v) is 3.86. The summed E-state index contributed by atoms with van der Waals surface area (Å²) in [4.78, 5) is 12.1. The van der Waals surface area contributed by atoms with Gasteiger partial charge in [-0.1, -0.05) is 22.0 Å². The first-order chi connectivity index (χ1) is 9.60. The number of Topliss-reactive ketones (excluding diaryl/α,β-unsaturated/α-hetero) is 1. The first kappa shape index (κ1) is 15.1. The molecule has 0 heterocycles. The summed E-state index contributed by atoms with van der Waals surface area (Å²) in [6.07, 6.45) is 0. The maximum Gasteiger partial charge on any atom is 0.181 e. The fourth-order valence-corrected chi connectivity index (χ4v) is 2.66. The number of nitrogens with one attached hydrogen (secondary N) is 1. The van der Waals surface area contributed by atoms with Crippen LogP contribution in [0.2, 0.25) is 0 Å². The second kappa shape index (κ2) is 6.90. The molecule has 5 heteroatoms. The van der Waals surface area contributed by atoms with Crippen molar-refractivity contribution in [1.29, 1.82) is 0 Å². The Morgan fingerprint density at radius 1 is 1.20 bits per heavy atom. The lowest BCUT2D eigenvalue weighted by Gasteiger charge is -2.08. The molecule has 0 saturated carbocycles. The Hall–Kier alpha value is -1.33. The second-order valence-electron chi connectivity index (χ2n) is 4.14. The van der Waals surface area contributed by atoms with Crippen molar-refractivity contribution in [2.24, 2.45) is 0 Å². The molecule has 20 heavy (non-hydrogen) atoms. The molecule has 0 aliphatic rings. The molecule has 2 rings (SSSR count). The lowest BCUT2D eigenvalue weighted by molar-refractivity contribution is 0.101. The van der Waals surface area contributed by atoms with Crippen LogP contribution in [-0.2, 0) is 0 Å². The van der Waals surface area contributed by atoms with E-state index in [2.05, 4.69) is 37.2 Å². The molecule has 104 valence electrons. The summed E-state index contributed by atoms with van der Waals surface area (Å²) in [5.41, 5.74) is 1.54. The van der Waals surface area contributed by atoms with E-state index in [0.29, 0.717) is 11.3 Å². The number of hydrogen-bond acceptors (Lipinski definition) is 3. The number of hydrogen-bond donors (Lipinski definition) is 1. The molecule has 0 spiro atoms. The van der Waals surface area contributed by atoms with Crippen LogP contribution >= 0.6 is 31.9 Å². The van der Waals surface area contributed by atoms with Gasteiger partial charge in [-0.05, 0) is 52.3 Å². The highest BCUT2D eigenvalue weighted by atomic mass is 79.9. The lowest BCUT2D eigenvalue weighted by Crippen LogP contribution is -2.14. The van der Waals surface area contributed by atoms with Gasteiger partial charge in [0.05, 0.1) is 18.1 Å². The molecule has 1 N–H and O–H groups in total. The van der Waals surface area contributed by atoms with Crippen molar-refractivity contribution in [2.45, 2.75) is 0 Å². The average molecular weight is 399 g/mol. The predicted octanol–water partition coefficient (Wildman–Crippen LogP) is 4.52. The standard InChI is InChI=1S/C15H13Br2NO2/c1-20-15-6-5-10(7-13(15)17)14(19)9-18-12-4-2-3-11(16)8-12/h2-8,18H,9H2,1H3. The number of methoxy groups -OCH3 is 1. The summed E-state index contributed by atoms with van der Waals surface area (Å²) in [7, 11) is 1.59. The summed E-state index contributed by atoms with van der Waals surface area (Å²) in [5, 5.41) is 3.11. The SMILES string of the molecule is COc1ccc(C(=O)CNc2cccc(Br)c2)cc1Br. The number of rotatable bonds is 5. The van der Waals surface area contributed by atoms with E-state index in [-0.39, 0.29) is 12.3 Å². The maximum absolute atomic E-state index is 12.1. The maximum atomic E-state index is 12.1. The minimum absolute atomic E-state index is 0.0216. The van der Waals surface area contributed by atoms with Crippen molar-refractivity contribution in [3.05, 3.63) is 57.0 Å². The highest BCUT2D eigenvalue weighted by Gasteiger charge is 2.08. The van der Waals surface area contributed by atoms with Crippen molar-refractivity contribution < 1.29 is 9.53 Å². The van der Waals surface area contributed by atoms with Gasteiger partial charge in [0.1, 0.15) is 5.75 Å². The van der Waals surface area contributed by atoms with Crippen molar-refractivity contribution >= 4 is 43.3 Å². The molecule has 0 atom stereocenters. The van der Waals surface area contributed by atoms with E-state index in [1.54, 1.807) is 25.3 Å². The van der Waals surface area contributed by atoms with E-state index in [0.717, 1.165) is 14.6 Å². The van der Waals surface area contributed by atoms with Crippen molar-refractivity contribution in [1.82, 2.24) is 0 Å². The molecular weight excluding hydrogens is 386 g/mol. The van der Waals surface area contributed by atoms with Crippen molar-refractivity contribution in [2.75, 3.05) is 19.0 Å². The van der Waals surface area contributed by atoms with Crippen LogP contribution in [0.5, 0.6) is 5.75 Å². The van der Waals surface area contributed by atoms with E-state index in [4.69, 9.17) is 4.74 Å². The average Bonchev–Trinajstić information content (AvgIpc) is 2.44. The molecule has 0 saturated heterocycles. The first-order valence-electron chi connectivity index (χ1n) is 5.96. The smallest absolute Gasteiger partial charge is 0.181 e. The zero-order chi connectivity index (χ0) is 14.5. The van der Waals surface area contributed by atoms with Gasteiger partial charge in [0, 0.05) is 15.7 Å². The number of halogens is 2. The van der Waals surface area contributed by atoms with Gasteiger partial charge in [-0.15, -0.1) is 0 Å². The molecule has 2 aromatic rings. The van der Waals surface area contributed by atoms with Crippen LogP contribution in [0.1, 0.15) is 10.4 Å². The minimum atomic E-state index is 0.0216. The highest BCUT2D eigenvalue weighted by molar-refractivity contribution is 9.10. The first-order valence-corrected chi connectivity index (χ1v) is 7.55. The summed E-state index contributed by atoms with van der Waals surface area (Å²) >= 11 is 6.77. The van der Waals surface area contributed by atoms with Crippen LogP contribution in [0, 0.1) is 0 Å². The lowest BCUT2D eigenvalue weighted by atomic mass is 10.1. The Kier molecular flexibility index (Phi) is 5.20. The summed E-state index contributed by atoms with van der Waals surface area (Å²) in [6, 6.07) is 13.0. The van der Waals surface area contributed by atoms with Gasteiger partial charge < -0.3 is 10.1 Å². The largest absolute Gasteiger partial charge is 0.496 e. The molecule has 3 nitrogen and oxygen atoms in total. The topological polar surface area (TPSA) is 38.3 Å². The Labute approximate surface area is 134 Å². The number of benzene rings is 2. The van der Waals surface area contributed by atoms with Crippen LogP contribution in [0.15, 0.2) is 51.4 Å². The van der Waals surface area contributed by atoms with Gasteiger partial charge in [0.25, 0.3) is 0 Å². The molecule has 0 amide bonds. The van der Waals surface area contributed by atoms with Crippen LogP contribution in [-0.4, -0.2) is 19.4 Å². The van der Waals surface area contributed by atoms with Gasteiger partial charge >= 0.3 is 0 Å². The molecule has 0 unspecified atom stereocenters. The summed E-state index contributed by atoms with van der Waals surface area (Å²) in [6.45, 7) is 0.245. The zero-order valence-electron chi connectivity index (χ0n) is 10.8. The number of carbonyl (C=O) groups excluding carboxylic acids is 1. The fourth-order valence-electron chi connectivity index (χ4n) is 1.72. The molecule has 2 aromatic carbocycles. The van der Waals surface area contributed by atoms with Crippen LogP contribution in [0.25, 0.3) is 0 Å². The van der Waals surface area contributed by atoms with Gasteiger partial charge in [0.2, 0.25) is 0 Å². The Morgan fingerprint density at radius 3 is 2.65 bits per heavy atom. The number of anilines is 1. The number of carbonyl (C=O) groups is 1. The van der Waals surface area contributed by atoms with E-state index in [9.17, 15) is 4.79 Å². The van der Waals surface area contributed by atoms with Crippen LogP contribution in [0.4, 0.5) is 5.69 Å². The van der Waals surface area contributed by atoms with E-state index < -0.39 is 0 Å². The molecule has 0 aliphatic heterocycles.